The quantitative estimate of drug-likeness (QED) is 0.674. The largest absolute Gasteiger partial charge is 0.249 e. The third-order valence-corrected chi connectivity index (χ3v) is 5.02. The minimum atomic E-state index is 0.572. The summed E-state index contributed by atoms with van der Waals surface area (Å²) in [5.41, 5.74) is 7.41. The van der Waals surface area contributed by atoms with E-state index in [4.69, 9.17) is 0 Å². The molecule has 0 amide bonds. The lowest BCUT2D eigenvalue weighted by Crippen LogP contribution is -2.03. The number of rotatable bonds is 5. The van der Waals surface area contributed by atoms with E-state index in [2.05, 4.69) is 57.8 Å². The maximum Gasteiger partial charge on any atom is 0.0801 e. The Bertz CT molecular complexity index is 569. The Balaban J connectivity index is 2.40. The lowest BCUT2D eigenvalue weighted by molar-refractivity contribution is 0.556. The molecule has 20 heavy (non-hydrogen) atoms. The number of benzene rings is 1. The van der Waals surface area contributed by atoms with Crippen molar-refractivity contribution in [2.75, 3.05) is 0 Å². The van der Waals surface area contributed by atoms with Crippen molar-refractivity contribution < 1.29 is 0 Å². The fourth-order valence-corrected chi connectivity index (χ4v) is 3.36. The molecule has 0 saturated carbocycles. The van der Waals surface area contributed by atoms with Gasteiger partial charge in [0, 0.05) is 0 Å². The Kier molecular flexibility index (Phi) is 4.98. The molecule has 0 radical (unpaired) electrons. The summed E-state index contributed by atoms with van der Waals surface area (Å²) in [4.78, 5) is 5.68. The molecule has 2 rings (SSSR count). The third-order valence-electron chi connectivity index (χ3n) is 4.04. The summed E-state index contributed by atoms with van der Waals surface area (Å²) >= 11 is 1.74. The molecule has 0 aliphatic heterocycles. The van der Waals surface area contributed by atoms with Crippen LogP contribution in [0.1, 0.15) is 56.9 Å². The molecule has 0 aliphatic rings. The van der Waals surface area contributed by atoms with E-state index in [0.29, 0.717) is 5.92 Å². The molecule has 1 nitrogen and oxygen atoms in total. The lowest BCUT2D eigenvalue weighted by Gasteiger charge is -2.17. The number of aryl methyl sites for hydroxylation is 1. The van der Waals surface area contributed by atoms with Crippen LogP contribution in [0, 0.1) is 12.8 Å². The summed E-state index contributed by atoms with van der Waals surface area (Å²) in [5.74, 6) is 1.32. The minimum Gasteiger partial charge on any atom is -0.249 e. The van der Waals surface area contributed by atoms with Gasteiger partial charge in [0.2, 0.25) is 0 Å². The molecule has 0 bridgehead atoms. The molecule has 1 unspecified atom stereocenters. The van der Waals surface area contributed by atoms with E-state index in [1.807, 2.05) is 5.51 Å². The van der Waals surface area contributed by atoms with E-state index < -0.39 is 0 Å². The molecular formula is C18H25NS. The summed E-state index contributed by atoms with van der Waals surface area (Å²) in [6, 6.07) is 6.98. The third kappa shape index (κ3) is 3.29. The van der Waals surface area contributed by atoms with Crippen molar-refractivity contribution in [1.82, 2.24) is 4.98 Å². The van der Waals surface area contributed by atoms with Crippen molar-refractivity contribution in [3.63, 3.8) is 0 Å². The van der Waals surface area contributed by atoms with Gasteiger partial charge in [-0.3, -0.25) is 0 Å². The van der Waals surface area contributed by atoms with Gasteiger partial charge in [0.15, 0.2) is 0 Å². The van der Waals surface area contributed by atoms with Gasteiger partial charge in [0.25, 0.3) is 0 Å². The van der Waals surface area contributed by atoms with Crippen LogP contribution in [0.15, 0.2) is 23.7 Å². The number of hydrogen-bond donors (Lipinski definition) is 0. The first-order valence-electron chi connectivity index (χ1n) is 7.56. The van der Waals surface area contributed by atoms with E-state index in [9.17, 15) is 0 Å². The number of thiazole rings is 1. The monoisotopic (exact) mass is 287 g/mol. The Hall–Kier alpha value is -1.15. The lowest BCUT2D eigenvalue weighted by atomic mass is 9.89. The Morgan fingerprint density at radius 3 is 2.50 bits per heavy atom. The van der Waals surface area contributed by atoms with Crippen molar-refractivity contribution in [3.05, 3.63) is 40.5 Å². The average molecular weight is 287 g/mol. The average Bonchev–Trinajstić information content (AvgIpc) is 2.85. The van der Waals surface area contributed by atoms with Gasteiger partial charge in [-0.1, -0.05) is 46.2 Å². The van der Waals surface area contributed by atoms with Crippen LogP contribution in [0.25, 0.3) is 10.4 Å². The van der Waals surface area contributed by atoms with Crippen molar-refractivity contribution >= 4 is 11.3 Å². The maximum absolute atomic E-state index is 4.37. The van der Waals surface area contributed by atoms with Crippen LogP contribution < -0.4 is 0 Å². The molecule has 0 saturated heterocycles. The van der Waals surface area contributed by atoms with Crippen LogP contribution >= 0.6 is 11.3 Å². The molecule has 0 aliphatic carbocycles. The highest BCUT2D eigenvalue weighted by atomic mass is 32.1. The van der Waals surface area contributed by atoms with Crippen LogP contribution in [-0.4, -0.2) is 4.98 Å². The number of aromatic nitrogens is 1. The Morgan fingerprint density at radius 2 is 1.95 bits per heavy atom. The van der Waals surface area contributed by atoms with Crippen molar-refractivity contribution in [3.8, 4) is 10.4 Å². The van der Waals surface area contributed by atoms with Crippen LogP contribution in [0.3, 0.4) is 0 Å². The van der Waals surface area contributed by atoms with Gasteiger partial charge in [0.05, 0.1) is 16.1 Å². The van der Waals surface area contributed by atoms with E-state index in [1.165, 1.54) is 34.4 Å². The smallest absolute Gasteiger partial charge is 0.0801 e. The second-order valence-electron chi connectivity index (χ2n) is 6.05. The highest BCUT2D eigenvalue weighted by Crippen LogP contribution is 2.32. The summed E-state index contributed by atoms with van der Waals surface area (Å²) in [6.07, 6.45) is 2.43. The Morgan fingerprint density at radius 1 is 1.20 bits per heavy atom. The fraction of sp³-hybridized carbons (Fsp3) is 0.500. The van der Waals surface area contributed by atoms with E-state index in [0.717, 1.165) is 11.6 Å². The van der Waals surface area contributed by atoms with Gasteiger partial charge in [0.1, 0.15) is 0 Å². The zero-order valence-corrected chi connectivity index (χ0v) is 14.1. The SMILES string of the molecule is CCC(C)Cc1ccc(-c2scnc2C)cc1C(C)C. The first kappa shape index (κ1) is 15.2. The van der Waals surface area contributed by atoms with Crippen molar-refractivity contribution in [2.24, 2.45) is 5.92 Å². The zero-order valence-electron chi connectivity index (χ0n) is 13.2. The second-order valence-corrected chi connectivity index (χ2v) is 6.91. The zero-order chi connectivity index (χ0) is 14.7. The molecule has 0 N–H and O–H groups in total. The molecule has 1 aromatic carbocycles. The van der Waals surface area contributed by atoms with Gasteiger partial charge in [-0.25, -0.2) is 4.98 Å². The van der Waals surface area contributed by atoms with Crippen LogP contribution in [-0.2, 0) is 6.42 Å². The standard InChI is InChI=1S/C18H25NS/c1-6-13(4)9-15-7-8-16(10-17(15)12(2)3)18-14(5)19-11-20-18/h7-8,10-13H,6,9H2,1-5H3. The van der Waals surface area contributed by atoms with Gasteiger partial charge in [-0.2, -0.15) is 0 Å². The molecule has 2 heteroatoms. The van der Waals surface area contributed by atoms with Gasteiger partial charge < -0.3 is 0 Å². The minimum absolute atomic E-state index is 0.572. The van der Waals surface area contributed by atoms with Crippen LogP contribution in [0.4, 0.5) is 0 Å². The van der Waals surface area contributed by atoms with Gasteiger partial charge in [-0.15, -0.1) is 11.3 Å². The first-order valence-corrected chi connectivity index (χ1v) is 8.44. The normalized spacial score (nSPS) is 12.9. The molecule has 0 fully saturated rings. The molecule has 1 aromatic heterocycles. The number of nitrogens with zero attached hydrogens (tertiary/aromatic N) is 1. The van der Waals surface area contributed by atoms with E-state index >= 15 is 0 Å². The second kappa shape index (κ2) is 6.53. The molecule has 1 heterocycles. The summed E-state index contributed by atoms with van der Waals surface area (Å²) < 4.78 is 0. The molecule has 2 aromatic rings. The van der Waals surface area contributed by atoms with Gasteiger partial charge >= 0.3 is 0 Å². The molecule has 1 atom stereocenters. The summed E-state index contributed by atoms with van der Waals surface area (Å²) in [6.45, 7) is 11.3. The fourth-order valence-electron chi connectivity index (χ4n) is 2.56. The van der Waals surface area contributed by atoms with Crippen molar-refractivity contribution in [1.29, 1.82) is 0 Å². The van der Waals surface area contributed by atoms with Crippen LogP contribution in [0.5, 0.6) is 0 Å². The van der Waals surface area contributed by atoms with Crippen molar-refractivity contribution in [2.45, 2.75) is 53.4 Å². The predicted molar refractivity (Wildman–Crippen MR) is 89.5 cm³/mol. The van der Waals surface area contributed by atoms with Crippen LogP contribution in [0.2, 0.25) is 0 Å². The highest BCUT2D eigenvalue weighted by molar-refractivity contribution is 7.13. The maximum atomic E-state index is 4.37. The Labute approximate surface area is 127 Å². The first-order chi connectivity index (χ1) is 9.52. The summed E-state index contributed by atoms with van der Waals surface area (Å²) in [5, 5.41) is 0. The van der Waals surface area contributed by atoms with Gasteiger partial charge in [-0.05, 0) is 47.9 Å². The summed E-state index contributed by atoms with van der Waals surface area (Å²) in [7, 11) is 0. The molecule has 0 spiro atoms. The number of hydrogen-bond acceptors (Lipinski definition) is 2. The van der Waals surface area contributed by atoms with E-state index in [-0.39, 0.29) is 0 Å². The molecular weight excluding hydrogens is 262 g/mol. The molecule has 108 valence electrons. The topological polar surface area (TPSA) is 12.9 Å². The highest BCUT2D eigenvalue weighted by Gasteiger charge is 2.13. The van der Waals surface area contributed by atoms with E-state index in [1.54, 1.807) is 11.3 Å². The predicted octanol–water partition coefficient (Wildman–Crippen LogP) is 5.83.